The molecule has 2 fully saturated rings. The molecule has 1 saturated carbocycles. The van der Waals surface area contributed by atoms with E-state index in [2.05, 4.69) is 14.3 Å². The van der Waals surface area contributed by atoms with Gasteiger partial charge in [0.2, 0.25) is 0 Å². The van der Waals surface area contributed by atoms with E-state index in [1.807, 2.05) is 13.1 Å². The number of rotatable bonds is 6. The van der Waals surface area contributed by atoms with E-state index < -0.39 is 10.2 Å². The largest absolute Gasteiger partial charge is 0.335 e. The maximum Gasteiger partial charge on any atom is 0.279 e. The van der Waals surface area contributed by atoms with Crippen LogP contribution >= 0.6 is 0 Å². The summed E-state index contributed by atoms with van der Waals surface area (Å²) in [5.41, 5.74) is 0.0777. The first-order valence-corrected chi connectivity index (χ1v) is 9.17. The fourth-order valence-electron chi connectivity index (χ4n) is 2.94. The average Bonchev–Trinajstić information content (AvgIpc) is 3.14. The highest BCUT2D eigenvalue weighted by molar-refractivity contribution is 7.87. The van der Waals surface area contributed by atoms with Gasteiger partial charge >= 0.3 is 0 Å². The Hall–Kier alpha value is -0.920. The summed E-state index contributed by atoms with van der Waals surface area (Å²) in [6.07, 6.45) is 8.99. The summed E-state index contributed by atoms with van der Waals surface area (Å²) < 4.78 is 31.2. The van der Waals surface area contributed by atoms with Gasteiger partial charge in [-0.1, -0.05) is 6.42 Å². The fraction of sp³-hybridized carbons (Fsp3) is 0.786. The molecule has 6 nitrogen and oxygen atoms in total. The molecular formula is C14H24N4O2S. The van der Waals surface area contributed by atoms with Gasteiger partial charge in [0.05, 0.1) is 0 Å². The first-order valence-electron chi connectivity index (χ1n) is 7.73. The average molecular weight is 312 g/mol. The Balaban J connectivity index is 1.58. The molecule has 1 N–H and O–H groups in total. The lowest BCUT2D eigenvalue weighted by Crippen LogP contribution is -2.45. The Labute approximate surface area is 126 Å². The maximum absolute atomic E-state index is 12.3. The summed E-state index contributed by atoms with van der Waals surface area (Å²) in [7, 11) is -3.31. The topological polar surface area (TPSA) is 67.2 Å². The van der Waals surface area contributed by atoms with Gasteiger partial charge in [0.1, 0.15) is 5.82 Å². The molecule has 1 saturated heterocycles. The van der Waals surface area contributed by atoms with Gasteiger partial charge in [-0.15, -0.1) is 0 Å². The molecular weight excluding hydrogens is 288 g/mol. The molecule has 118 valence electrons. The predicted molar refractivity (Wildman–Crippen MR) is 81.0 cm³/mol. The van der Waals surface area contributed by atoms with Gasteiger partial charge in [0.25, 0.3) is 10.2 Å². The molecule has 7 heteroatoms. The molecule has 2 heterocycles. The minimum absolute atomic E-state index is 0.0777. The second-order valence-corrected chi connectivity index (χ2v) is 8.14. The van der Waals surface area contributed by atoms with Gasteiger partial charge in [-0.2, -0.15) is 12.7 Å². The van der Waals surface area contributed by atoms with Crippen LogP contribution < -0.4 is 4.72 Å². The second-order valence-electron chi connectivity index (χ2n) is 6.39. The zero-order valence-electron chi connectivity index (χ0n) is 12.6. The van der Waals surface area contributed by atoms with Crippen LogP contribution in [0.5, 0.6) is 0 Å². The van der Waals surface area contributed by atoms with Crippen LogP contribution in [0.25, 0.3) is 0 Å². The van der Waals surface area contributed by atoms with Gasteiger partial charge in [-0.3, -0.25) is 0 Å². The van der Waals surface area contributed by atoms with Crippen molar-refractivity contribution in [3.05, 3.63) is 18.2 Å². The van der Waals surface area contributed by atoms with Crippen LogP contribution in [0.15, 0.2) is 12.4 Å². The van der Waals surface area contributed by atoms with E-state index in [1.165, 1.54) is 0 Å². The molecule has 0 bridgehead atoms. The van der Waals surface area contributed by atoms with Crippen LogP contribution in [-0.2, 0) is 16.8 Å². The van der Waals surface area contributed by atoms with Gasteiger partial charge in [0, 0.05) is 44.0 Å². The number of aryl methyl sites for hydroxylation is 1. The third-order valence-corrected chi connectivity index (χ3v) is 6.23. The standard InChI is InChI=1S/C14H24N4O2S/c1-13-15-7-10-17(13)12-14(5-6-14)11-16-21(19,20)18-8-3-2-4-9-18/h7,10,16H,2-6,8-9,11-12H2,1H3. The molecule has 1 aliphatic heterocycles. The Kier molecular flexibility index (Phi) is 4.07. The number of aromatic nitrogens is 2. The van der Waals surface area contributed by atoms with Gasteiger partial charge < -0.3 is 4.57 Å². The predicted octanol–water partition coefficient (Wildman–Crippen LogP) is 1.29. The quantitative estimate of drug-likeness (QED) is 0.861. The first kappa shape index (κ1) is 15.0. The summed E-state index contributed by atoms with van der Waals surface area (Å²) in [5.74, 6) is 0.986. The van der Waals surface area contributed by atoms with Crippen molar-refractivity contribution in [2.45, 2.75) is 45.6 Å². The van der Waals surface area contributed by atoms with Crippen molar-refractivity contribution in [1.29, 1.82) is 0 Å². The molecule has 0 unspecified atom stereocenters. The molecule has 3 rings (SSSR count). The van der Waals surface area contributed by atoms with Crippen molar-refractivity contribution in [2.75, 3.05) is 19.6 Å². The van der Waals surface area contributed by atoms with Gasteiger partial charge in [0.15, 0.2) is 0 Å². The number of piperidine rings is 1. The maximum atomic E-state index is 12.3. The molecule has 0 spiro atoms. The highest BCUT2D eigenvalue weighted by atomic mass is 32.2. The molecule has 0 amide bonds. The molecule has 2 aliphatic rings. The smallest absolute Gasteiger partial charge is 0.279 e. The normalized spacial score (nSPS) is 22.3. The highest BCUT2D eigenvalue weighted by Crippen LogP contribution is 2.46. The van der Waals surface area contributed by atoms with E-state index in [1.54, 1.807) is 10.5 Å². The molecule has 21 heavy (non-hydrogen) atoms. The monoisotopic (exact) mass is 312 g/mol. The van der Waals surface area contributed by atoms with Crippen LogP contribution in [0.1, 0.15) is 37.9 Å². The third-order valence-electron chi connectivity index (χ3n) is 4.67. The molecule has 0 radical (unpaired) electrons. The minimum Gasteiger partial charge on any atom is -0.335 e. The molecule has 1 aromatic heterocycles. The number of hydrogen-bond acceptors (Lipinski definition) is 3. The number of imidazole rings is 1. The Bertz CT molecular complexity index is 586. The Morgan fingerprint density at radius 1 is 1.29 bits per heavy atom. The van der Waals surface area contributed by atoms with E-state index in [4.69, 9.17) is 0 Å². The summed E-state index contributed by atoms with van der Waals surface area (Å²) in [5, 5.41) is 0. The number of nitrogens with zero attached hydrogens (tertiary/aromatic N) is 3. The Morgan fingerprint density at radius 2 is 2.00 bits per heavy atom. The van der Waals surface area contributed by atoms with Crippen molar-refractivity contribution < 1.29 is 8.42 Å². The molecule has 1 aromatic rings. The number of hydrogen-bond donors (Lipinski definition) is 1. The second kappa shape index (κ2) is 5.70. The summed E-state index contributed by atoms with van der Waals surface area (Å²) >= 11 is 0. The zero-order valence-corrected chi connectivity index (χ0v) is 13.4. The van der Waals surface area contributed by atoms with E-state index >= 15 is 0 Å². The van der Waals surface area contributed by atoms with Gasteiger partial charge in [-0.05, 0) is 32.6 Å². The Morgan fingerprint density at radius 3 is 2.57 bits per heavy atom. The lowest BCUT2D eigenvalue weighted by atomic mass is 10.1. The van der Waals surface area contributed by atoms with Crippen molar-refractivity contribution in [2.24, 2.45) is 5.41 Å². The fourth-order valence-corrected chi connectivity index (χ4v) is 4.35. The minimum atomic E-state index is -3.31. The summed E-state index contributed by atoms with van der Waals surface area (Å²) in [6, 6.07) is 0. The van der Waals surface area contributed by atoms with E-state index in [9.17, 15) is 8.42 Å². The van der Waals surface area contributed by atoms with E-state index in [0.29, 0.717) is 19.6 Å². The number of nitrogens with one attached hydrogen (secondary N) is 1. The van der Waals surface area contributed by atoms with Crippen LogP contribution in [0.2, 0.25) is 0 Å². The lowest BCUT2D eigenvalue weighted by Gasteiger charge is -2.27. The summed E-state index contributed by atoms with van der Waals surface area (Å²) in [6.45, 7) is 4.67. The van der Waals surface area contributed by atoms with Crippen LogP contribution in [0.3, 0.4) is 0 Å². The van der Waals surface area contributed by atoms with Crippen molar-refractivity contribution >= 4 is 10.2 Å². The van der Waals surface area contributed by atoms with Crippen LogP contribution in [0.4, 0.5) is 0 Å². The van der Waals surface area contributed by atoms with Crippen molar-refractivity contribution in [3.8, 4) is 0 Å². The SMILES string of the molecule is Cc1nccn1CC1(CNS(=O)(=O)N2CCCCC2)CC1. The molecule has 1 aliphatic carbocycles. The molecule has 0 aromatic carbocycles. The van der Waals surface area contributed by atoms with Crippen molar-refractivity contribution in [3.63, 3.8) is 0 Å². The summed E-state index contributed by atoms with van der Waals surface area (Å²) in [4.78, 5) is 4.23. The highest BCUT2D eigenvalue weighted by Gasteiger charge is 2.44. The van der Waals surface area contributed by atoms with Crippen LogP contribution in [0, 0.1) is 12.3 Å². The van der Waals surface area contributed by atoms with E-state index in [-0.39, 0.29) is 5.41 Å². The third kappa shape index (κ3) is 3.46. The lowest BCUT2D eigenvalue weighted by molar-refractivity contribution is 0.335. The van der Waals surface area contributed by atoms with Gasteiger partial charge in [-0.25, -0.2) is 9.71 Å². The van der Waals surface area contributed by atoms with Crippen LogP contribution in [-0.4, -0.2) is 41.9 Å². The van der Waals surface area contributed by atoms with Crippen molar-refractivity contribution in [1.82, 2.24) is 18.6 Å². The zero-order chi connectivity index (χ0) is 14.9. The first-order chi connectivity index (χ1) is 10.0. The molecule has 0 atom stereocenters. The van der Waals surface area contributed by atoms with E-state index in [0.717, 1.165) is 44.5 Å².